The number of hydrogen-bond donors (Lipinski definition) is 1. The summed E-state index contributed by atoms with van der Waals surface area (Å²) in [5.74, 6) is 0.871. The van der Waals surface area contributed by atoms with Gasteiger partial charge in [-0.25, -0.2) is 0 Å². The van der Waals surface area contributed by atoms with Crippen LogP contribution in [0.1, 0.15) is 54.9 Å². The van der Waals surface area contributed by atoms with Gasteiger partial charge in [0.25, 0.3) is 0 Å². The molecule has 0 bridgehead atoms. The fourth-order valence-corrected chi connectivity index (χ4v) is 4.28. The van der Waals surface area contributed by atoms with E-state index in [1.165, 1.54) is 27.9 Å². The van der Waals surface area contributed by atoms with Crippen LogP contribution in [0.4, 0.5) is 5.69 Å². The number of nitrogens with one attached hydrogen (secondary N) is 1. The Balaban J connectivity index is 1.84. The van der Waals surface area contributed by atoms with Gasteiger partial charge in [-0.2, -0.15) is 0 Å². The second-order valence-electron chi connectivity index (χ2n) is 8.36. The first-order chi connectivity index (χ1) is 12.5. The summed E-state index contributed by atoms with van der Waals surface area (Å²) < 4.78 is 0. The van der Waals surface area contributed by atoms with E-state index in [9.17, 15) is 0 Å². The van der Waals surface area contributed by atoms with Crippen LogP contribution in [0.2, 0.25) is 0 Å². The topological polar surface area (TPSA) is 12.0 Å². The van der Waals surface area contributed by atoms with E-state index >= 15 is 0 Å². The van der Waals surface area contributed by atoms with Gasteiger partial charge in [0.2, 0.25) is 0 Å². The minimum atomic E-state index is 0.0382. The highest BCUT2D eigenvalue weighted by atomic mass is 15.0. The van der Waals surface area contributed by atoms with Crippen LogP contribution in [0.3, 0.4) is 0 Å². The molecule has 2 atom stereocenters. The summed E-state index contributed by atoms with van der Waals surface area (Å²) in [4.78, 5) is 0. The van der Waals surface area contributed by atoms with Crippen molar-refractivity contribution in [1.29, 1.82) is 0 Å². The Morgan fingerprint density at radius 1 is 0.731 bits per heavy atom. The molecule has 0 saturated carbocycles. The summed E-state index contributed by atoms with van der Waals surface area (Å²) in [6.07, 6.45) is 1.11. The Morgan fingerprint density at radius 3 is 2.08 bits per heavy atom. The lowest BCUT2D eigenvalue weighted by Crippen LogP contribution is -2.27. The zero-order chi connectivity index (χ0) is 18.1. The summed E-state index contributed by atoms with van der Waals surface area (Å²) >= 11 is 0. The standard InChI is InChI=1S/C25H27N/c1-25(2,3)26-23-16-10-9-15-21(23)24-20-14-8-7-13-19(20)17-22(24)18-11-5-4-6-12-18/h4-16,22,24,26H,17H2,1-3H3. The number of rotatable bonds is 3. The van der Waals surface area contributed by atoms with Crippen LogP contribution >= 0.6 is 0 Å². The van der Waals surface area contributed by atoms with Crippen molar-refractivity contribution in [2.45, 2.75) is 44.6 Å². The number of hydrogen-bond acceptors (Lipinski definition) is 1. The van der Waals surface area contributed by atoms with Crippen LogP contribution in [-0.2, 0) is 6.42 Å². The molecule has 1 N–H and O–H groups in total. The van der Waals surface area contributed by atoms with Gasteiger partial charge in [0.1, 0.15) is 0 Å². The molecule has 0 aliphatic heterocycles. The first-order valence-electron chi connectivity index (χ1n) is 9.53. The Kier molecular flexibility index (Phi) is 4.32. The molecule has 4 rings (SSSR count). The Hall–Kier alpha value is -2.54. The molecule has 1 nitrogen and oxygen atoms in total. The normalized spacial score (nSPS) is 19.2. The number of fused-ring (bicyclic) bond motifs is 1. The van der Waals surface area contributed by atoms with Crippen molar-refractivity contribution in [2.75, 3.05) is 5.32 Å². The molecule has 26 heavy (non-hydrogen) atoms. The average molecular weight is 341 g/mol. The molecule has 1 aliphatic rings. The van der Waals surface area contributed by atoms with Gasteiger partial charge in [-0.1, -0.05) is 72.8 Å². The molecule has 0 aromatic heterocycles. The minimum Gasteiger partial charge on any atom is -0.380 e. The van der Waals surface area contributed by atoms with Crippen molar-refractivity contribution in [1.82, 2.24) is 0 Å². The SMILES string of the molecule is CC(C)(C)Nc1ccccc1C1c2ccccc2CC1c1ccccc1. The van der Waals surface area contributed by atoms with E-state index in [1.54, 1.807) is 0 Å². The van der Waals surface area contributed by atoms with Crippen LogP contribution in [-0.4, -0.2) is 5.54 Å². The van der Waals surface area contributed by atoms with Gasteiger partial charge < -0.3 is 5.32 Å². The van der Waals surface area contributed by atoms with Crippen molar-refractivity contribution >= 4 is 5.69 Å². The molecule has 1 heteroatoms. The first kappa shape index (κ1) is 16.9. The quantitative estimate of drug-likeness (QED) is 0.584. The fourth-order valence-electron chi connectivity index (χ4n) is 4.28. The molecule has 3 aromatic carbocycles. The average Bonchev–Trinajstić information content (AvgIpc) is 3.01. The van der Waals surface area contributed by atoms with E-state index in [1.807, 2.05) is 0 Å². The van der Waals surface area contributed by atoms with Gasteiger partial charge in [0.15, 0.2) is 0 Å². The van der Waals surface area contributed by atoms with Crippen molar-refractivity contribution in [3.8, 4) is 0 Å². The molecule has 0 radical (unpaired) electrons. The summed E-state index contributed by atoms with van der Waals surface area (Å²) in [7, 11) is 0. The van der Waals surface area contributed by atoms with E-state index in [-0.39, 0.29) is 5.54 Å². The number of benzene rings is 3. The van der Waals surface area contributed by atoms with E-state index in [2.05, 4.69) is 105 Å². The molecule has 3 aromatic rings. The van der Waals surface area contributed by atoms with Gasteiger partial charge in [0, 0.05) is 17.1 Å². The molecule has 0 fully saturated rings. The number of anilines is 1. The van der Waals surface area contributed by atoms with Crippen LogP contribution in [0.15, 0.2) is 78.9 Å². The third-order valence-corrected chi connectivity index (χ3v) is 5.27. The van der Waals surface area contributed by atoms with Gasteiger partial charge in [-0.15, -0.1) is 0 Å². The van der Waals surface area contributed by atoms with Crippen LogP contribution < -0.4 is 5.32 Å². The van der Waals surface area contributed by atoms with E-state index in [0.29, 0.717) is 11.8 Å². The minimum absolute atomic E-state index is 0.0382. The molecule has 1 aliphatic carbocycles. The predicted octanol–water partition coefficient (Wildman–Crippen LogP) is 6.37. The number of para-hydroxylation sites is 1. The molecular weight excluding hydrogens is 314 g/mol. The van der Waals surface area contributed by atoms with Crippen molar-refractivity contribution < 1.29 is 0 Å². The van der Waals surface area contributed by atoms with Crippen molar-refractivity contribution in [2.24, 2.45) is 0 Å². The van der Waals surface area contributed by atoms with E-state index < -0.39 is 0 Å². The molecule has 132 valence electrons. The summed E-state index contributed by atoms with van der Waals surface area (Å²) in [6.45, 7) is 6.67. The summed E-state index contributed by atoms with van der Waals surface area (Å²) in [5, 5.41) is 3.73. The molecule has 0 spiro atoms. The van der Waals surface area contributed by atoms with Gasteiger partial charge in [-0.05, 0) is 61.4 Å². The zero-order valence-electron chi connectivity index (χ0n) is 15.9. The Morgan fingerprint density at radius 2 is 1.35 bits per heavy atom. The second kappa shape index (κ2) is 6.64. The second-order valence-corrected chi connectivity index (χ2v) is 8.36. The maximum atomic E-state index is 3.73. The lowest BCUT2D eigenvalue weighted by Gasteiger charge is -2.29. The molecule has 0 heterocycles. The Labute approximate surface area is 157 Å². The van der Waals surface area contributed by atoms with E-state index in [4.69, 9.17) is 0 Å². The fraction of sp³-hybridized carbons (Fsp3) is 0.280. The van der Waals surface area contributed by atoms with Crippen molar-refractivity contribution in [3.05, 3.63) is 101 Å². The largest absolute Gasteiger partial charge is 0.380 e. The smallest absolute Gasteiger partial charge is 0.0383 e. The van der Waals surface area contributed by atoms with Gasteiger partial charge in [-0.3, -0.25) is 0 Å². The highest BCUT2D eigenvalue weighted by molar-refractivity contribution is 5.60. The van der Waals surface area contributed by atoms with Gasteiger partial charge >= 0.3 is 0 Å². The predicted molar refractivity (Wildman–Crippen MR) is 111 cm³/mol. The maximum absolute atomic E-state index is 3.73. The van der Waals surface area contributed by atoms with Crippen LogP contribution in [0.25, 0.3) is 0 Å². The van der Waals surface area contributed by atoms with E-state index in [0.717, 1.165) is 6.42 Å². The maximum Gasteiger partial charge on any atom is 0.0383 e. The lowest BCUT2D eigenvalue weighted by molar-refractivity contribution is 0.623. The molecular formula is C25H27N. The third kappa shape index (κ3) is 3.26. The summed E-state index contributed by atoms with van der Waals surface area (Å²) in [6, 6.07) is 28.8. The van der Waals surface area contributed by atoms with Crippen molar-refractivity contribution in [3.63, 3.8) is 0 Å². The summed E-state index contributed by atoms with van der Waals surface area (Å²) in [5.41, 5.74) is 7.08. The monoisotopic (exact) mass is 341 g/mol. The zero-order valence-corrected chi connectivity index (χ0v) is 15.9. The highest BCUT2D eigenvalue weighted by Crippen LogP contribution is 2.49. The Bertz CT molecular complexity index is 889. The molecule has 0 saturated heterocycles. The molecule has 0 amide bonds. The van der Waals surface area contributed by atoms with Crippen LogP contribution in [0, 0.1) is 0 Å². The van der Waals surface area contributed by atoms with Crippen LogP contribution in [0.5, 0.6) is 0 Å². The highest BCUT2D eigenvalue weighted by Gasteiger charge is 2.35. The first-order valence-corrected chi connectivity index (χ1v) is 9.53. The third-order valence-electron chi connectivity index (χ3n) is 5.27. The van der Waals surface area contributed by atoms with Gasteiger partial charge in [0.05, 0.1) is 0 Å². The molecule has 2 unspecified atom stereocenters. The lowest BCUT2D eigenvalue weighted by atomic mass is 9.81.